The van der Waals surface area contributed by atoms with Gasteiger partial charge >= 0.3 is 0 Å². The van der Waals surface area contributed by atoms with E-state index in [2.05, 4.69) is 10.9 Å². The Morgan fingerprint density at radius 3 is 2.26 bits per heavy atom. The first-order valence-corrected chi connectivity index (χ1v) is 12.6. The number of hydrogen-bond acceptors (Lipinski definition) is 4. The second-order valence-electron chi connectivity index (χ2n) is 10.4. The minimum atomic E-state index is -0.558. The number of nitrogens with zero attached hydrogens (tertiary/aromatic N) is 1. The molecule has 4 aliphatic carbocycles. The minimum Gasteiger partial charge on any atom is -0.311 e. The van der Waals surface area contributed by atoms with Gasteiger partial charge in [0.1, 0.15) is 10.9 Å². The molecule has 6 fully saturated rings. The van der Waals surface area contributed by atoms with Crippen LogP contribution >= 0.6 is 11.8 Å². The summed E-state index contributed by atoms with van der Waals surface area (Å²) >= 11 is 1.67. The Morgan fingerprint density at radius 2 is 1.61 bits per heavy atom. The van der Waals surface area contributed by atoms with Crippen molar-refractivity contribution in [3.8, 4) is 0 Å². The molecule has 0 radical (unpaired) electrons. The van der Waals surface area contributed by atoms with Crippen LogP contribution in [0.25, 0.3) is 0 Å². The van der Waals surface area contributed by atoms with Crippen molar-refractivity contribution in [2.75, 3.05) is 5.75 Å². The number of fused-ring (bicyclic) bond motifs is 1. The first-order chi connectivity index (χ1) is 15.0. The average Bonchev–Trinajstić information content (AvgIpc) is 3.31. The van der Waals surface area contributed by atoms with Gasteiger partial charge in [0.2, 0.25) is 11.8 Å². The maximum Gasteiger partial charge on any atom is 0.262 e. The molecule has 2 atom stereocenters. The van der Waals surface area contributed by atoms with Gasteiger partial charge in [0.25, 0.3) is 5.91 Å². The highest BCUT2D eigenvalue weighted by Crippen LogP contribution is 2.60. The Labute approximate surface area is 186 Å². The van der Waals surface area contributed by atoms with Gasteiger partial charge in [-0.3, -0.25) is 25.2 Å². The standard InChI is InChI=1S/C24H29N3O3S/c28-20-6-7-24(18-4-2-1-3-5-18)27(20)19(14-31-24)21(29)25-26-22(30)23-11-15-8-16(12-23)10-17(9-15)13-23/h1-5,15-17,19H,6-14H2,(H,25,29)(H,26,30)/t15?,16?,17?,19-,23?,24+/m1/s1. The number of amides is 3. The highest BCUT2D eigenvalue weighted by Gasteiger charge is 2.57. The molecule has 2 heterocycles. The van der Waals surface area contributed by atoms with Crippen molar-refractivity contribution >= 4 is 29.5 Å². The average molecular weight is 440 g/mol. The lowest BCUT2D eigenvalue weighted by Crippen LogP contribution is -2.59. The fourth-order valence-corrected chi connectivity index (χ4v) is 9.21. The molecule has 2 N–H and O–H groups in total. The monoisotopic (exact) mass is 439 g/mol. The van der Waals surface area contributed by atoms with Crippen molar-refractivity contribution in [3.05, 3.63) is 35.9 Å². The van der Waals surface area contributed by atoms with Crippen LogP contribution < -0.4 is 10.9 Å². The molecule has 4 saturated carbocycles. The Hall–Kier alpha value is -2.02. The van der Waals surface area contributed by atoms with Crippen molar-refractivity contribution in [2.24, 2.45) is 23.2 Å². The van der Waals surface area contributed by atoms with Crippen LogP contribution in [0.3, 0.4) is 0 Å². The number of hydrazine groups is 1. The van der Waals surface area contributed by atoms with Gasteiger partial charge in [0.15, 0.2) is 0 Å². The number of thioether (sulfide) groups is 1. The van der Waals surface area contributed by atoms with Crippen molar-refractivity contribution in [1.82, 2.24) is 15.8 Å². The smallest absolute Gasteiger partial charge is 0.262 e. The lowest BCUT2D eigenvalue weighted by molar-refractivity contribution is -0.149. The molecular formula is C24H29N3O3S. The van der Waals surface area contributed by atoms with Crippen molar-refractivity contribution in [2.45, 2.75) is 62.3 Å². The van der Waals surface area contributed by atoms with Gasteiger partial charge < -0.3 is 4.90 Å². The number of rotatable bonds is 3. The quantitative estimate of drug-likeness (QED) is 0.710. The van der Waals surface area contributed by atoms with E-state index in [0.717, 1.165) is 24.8 Å². The largest absolute Gasteiger partial charge is 0.311 e. The topological polar surface area (TPSA) is 78.5 Å². The zero-order valence-electron chi connectivity index (χ0n) is 17.6. The van der Waals surface area contributed by atoms with Crippen molar-refractivity contribution in [1.29, 1.82) is 0 Å². The van der Waals surface area contributed by atoms with Gasteiger partial charge in [-0.05, 0) is 68.3 Å². The van der Waals surface area contributed by atoms with Gasteiger partial charge in [-0.1, -0.05) is 30.3 Å². The molecule has 3 amide bonds. The number of nitrogens with one attached hydrogen (secondary N) is 2. The third kappa shape index (κ3) is 2.95. The van der Waals surface area contributed by atoms with Crippen LogP contribution in [-0.2, 0) is 19.3 Å². The maximum atomic E-state index is 13.2. The molecule has 2 aliphatic heterocycles. The molecule has 164 valence electrons. The summed E-state index contributed by atoms with van der Waals surface area (Å²) in [5.41, 5.74) is 6.25. The summed E-state index contributed by atoms with van der Waals surface area (Å²) in [7, 11) is 0. The van der Waals surface area contributed by atoms with Gasteiger partial charge in [0.05, 0.1) is 5.41 Å². The molecule has 4 bridgehead atoms. The van der Waals surface area contributed by atoms with Crippen LogP contribution in [0.2, 0.25) is 0 Å². The first kappa shape index (κ1) is 19.6. The second-order valence-corrected chi connectivity index (χ2v) is 11.7. The summed E-state index contributed by atoms with van der Waals surface area (Å²) in [6.45, 7) is 0. The van der Waals surface area contributed by atoms with E-state index in [0.29, 0.717) is 36.3 Å². The summed E-state index contributed by atoms with van der Waals surface area (Å²) in [4.78, 5) is 40.3. The van der Waals surface area contributed by atoms with Crippen LogP contribution in [0.15, 0.2) is 30.3 Å². The van der Waals surface area contributed by atoms with E-state index in [1.165, 1.54) is 19.3 Å². The molecular weight excluding hydrogens is 410 g/mol. The summed E-state index contributed by atoms with van der Waals surface area (Å²) in [6, 6.07) is 9.43. The van der Waals surface area contributed by atoms with E-state index in [9.17, 15) is 14.4 Å². The Balaban J connectivity index is 1.16. The van der Waals surface area contributed by atoms with E-state index < -0.39 is 10.9 Å². The Morgan fingerprint density at radius 1 is 0.968 bits per heavy atom. The maximum absolute atomic E-state index is 13.2. The third-order valence-corrected chi connectivity index (χ3v) is 10.1. The molecule has 0 unspecified atom stereocenters. The minimum absolute atomic E-state index is 0.0152. The summed E-state index contributed by atoms with van der Waals surface area (Å²) < 4.78 is 0. The van der Waals surface area contributed by atoms with Crippen LogP contribution in [0.5, 0.6) is 0 Å². The Bertz CT molecular complexity index is 900. The Kier molecular flexibility index (Phi) is 4.43. The fraction of sp³-hybridized carbons (Fsp3) is 0.625. The van der Waals surface area contributed by atoms with E-state index >= 15 is 0 Å². The van der Waals surface area contributed by atoms with Gasteiger partial charge in [-0.2, -0.15) is 0 Å². The normalized spacial score (nSPS) is 40.1. The predicted molar refractivity (Wildman–Crippen MR) is 117 cm³/mol. The van der Waals surface area contributed by atoms with E-state index in [4.69, 9.17) is 0 Å². The molecule has 7 heteroatoms. The summed E-state index contributed by atoms with van der Waals surface area (Å²) in [6.07, 6.45) is 7.87. The van der Waals surface area contributed by atoms with E-state index in [1.54, 1.807) is 16.7 Å². The fourth-order valence-electron chi connectivity index (χ4n) is 7.56. The van der Waals surface area contributed by atoms with Crippen LogP contribution in [0, 0.1) is 23.2 Å². The molecule has 0 spiro atoms. The lowest BCUT2D eigenvalue weighted by Gasteiger charge is -2.55. The molecule has 6 aliphatic rings. The van der Waals surface area contributed by atoms with Crippen LogP contribution in [0.1, 0.15) is 56.9 Å². The highest BCUT2D eigenvalue weighted by atomic mass is 32.2. The zero-order chi connectivity index (χ0) is 21.2. The van der Waals surface area contributed by atoms with Crippen LogP contribution in [0.4, 0.5) is 0 Å². The van der Waals surface area contributed by atoms with Gasteiger partial charge in [-0.15, -0.1) is 11.8 Å². The van der Waals surface area contributed by atoms with Crippen LogP contribution in [-0.4, -0.2) is 34.4 Å². The second kappa shape index (κ2) is 6.99. The molecule has 1 aromatic carbocycles. The first-order valence-electron chi connectivity index (χ1n) is 11.6. The van der Waals surface area contributed by atoms with Crippen molar-refractivity contribution < 1.29 is 14.4 Å². The van der Waals surface area contributed by atoms with Gasteiger partial charge in [0, 0.05) is 12.2 Å². The third-order valence-electron chi connectivity index (χ3n) is 8.47. The van der Waals surface area contributed by atoms with Crippen molar-refractivity contribution in [3.63, 3.8) is 0 Å². The highest BCUT2D eigenvalue weighted by molar-refractivity contribution is 8.00. The molecule has 1 aromatic rings. The molecule has 2 saturated heterocycles. The summed E-state index contributed by atoms with van der Waals surface area (Å²) in [5.74, 6) is 2.28. The summed E-state index contributed by atoms with van der Waals surface area (Å²) in [5, 5.41) is 0. The predicted octanol–water partition coefficient (Wildman–Crippen LogP) is 2.94. The SMILES string of the molecule is O=C(NNC(=O)C12CC3CC(CC(C3)C1)C2)[C@H]1CS[C@]2(c3ccccc3)CCC(=O)N12. The molecule has 6 nitrogen and oxygen atoms in total. The van der Waals surface area contributed by atoms with E-state index in [-0.39, 0.29) is 23.1 Å². The number of benzene rings is 1. The molecule has 31 heavy (non-hydrogen) atoms. The number of hydrogen-bond donors (Lipinski definition) is 2. The van der Waals surface area contributed by atoms with E-state index in [1.807, 2.05) is 30.3 Å². The number of carbonyl (C=O) groups excluding carboxylic acids is 3. The molecule has 7 rings (SSSR count). The lowest BCUT2D eigenvalue weighted by atomic mass is 9.49. The molecule has 0 aromatic heterocycles. The zero-order valence-corrected chi connectivity index (χ0v) is 18.5. The number of carbonyl (C=O) groups is 3. The van der Waals surface area contributed by atoms with Gasteiger partial charge in [-0.25, -0.2) is 0 Å².